The van der Waals surface area contributed by atoms with E-state index in [1.165, 1.54) is 0 Å². The minimum atomic E-state index is -8.72. The molecule has 36 heteroatoms. The van der Waals surface area contributed by atoms with Crippen LogP contribution in [0.2, 0.25) is 0 Å². The quantitative estimate of drug-likeness (QED) is 0.250. The maximum atomic E-state index is 13.0. The summed E-state index contributed by atoms with van der Waals surface area (Å²) >= 11 is 0. The van der Waals surface area contributed by atoms with Crippen molar-refractivity contribution in [2.75, 3.05) is 0 Å². The standard InChI is InChI=1S/C9HF17O.C8F18/c10-1-2(11,12)3(13,14)4(15,16)5(17,18)6(19,20)7(21,22)8(23,24)9(25,26)27-1;9-1(10,3(13,14)5(17,18)7(21,22)23)2(11,12)4(15,16)6(19,20)8(24,25)26/h1H;. The second-order valence-corrected chi connectivity index (χ2v) is 9.46. The second kappa shape index (κ2) is 12.3. The molecule has 1 rings (SSSR count). The Hall–Kier alpha value is -2.49. The van der Waals surface area contributed by atoms with E-state index in [9.17, 15) is 154 Å². The van der Waals surface area contributed by atoms with E-state index in [1.807, 2.05) is 0 Å². The molecule has 320 valence electrons. The van der Waals surface area contributed by atoms with Crippen molar-refractivity contribution in [3.05, 3.63) is 0 Å². The first-order chi connectivity index (χ1) is 22.1. The van der Waals surface area contributed by atoms with Crippen LogP contribution in [0.5, 0.6) is 0 Å². The molecule has 1 fully saturated rings. The molecule has 1 nitrogen and oxygen atoms in total. The zero-order valence-electron chi connectivity index (χ0n) is 22.2. The lowest BCUT2D eigenvalue weighted by Crippen LogP contribution is -2.77. The Labute approximate surface area is 261 Å². The predicted molar refractivity (Wildman–Crippen MR) is 87.3 cm³/mol. The molecule has 0 aliphatic carbocycles. The van der Waals surface area contributed by atoms with Crippen molar-refractivity contribution in [1.29, 1.82) is 0 Å². The Morgan fingerprint density at radius 3 is 0.698 bits per heavy atom. The van der Waals surface area contributed by atoms with Crippen molar-refractivity contribution in [2.45, 2.75) is 102 Å². The summed E-state index contributed by atoms with van der Waals surface area (Å²) in [6, 6.07) is 0. The molecule has 0 saturated carbocycles. The summed E-state index contributed by atoms with van der Waals surface area (Å²) < 4.78 is 443. The fourth-order valence-electron chi connectivity index (χ4n) is 2.75. The molecular formula is C17HF35O. The lowest BCUT2D eigenvalue weighted by Gasteiger charge is -2.45. The zero-order chi connectivity index (χ0) is 44.3. The third-order valence-corrected chi connectivity index (χ3v) is 5.98. The molecule has 1 saturated heterocycles. The van der Waals surface area contributed by atoms with E-state index in [2.05, 4.69) is 0 Å². The molecule has 0 amide bonds. The van der Waals surface area contributed by atoms with Crippen LogP contribution in [-0.4, -0.2) is 102 Å². The molecule has 0 aromatic rings. The van der Waals surface area contributed by atoms with Gasteiger partial charge < -0.3 is 0 Å². The van der Waals surface area contributed by atoms with Crippen LogP contribution in [0.15, 0.2) is 0 Å². The average Bonchev–Trinajstić information content (AvgIpc) is 2.89. The van der Waals surface area contributed by atoms with Gasteiger partial charge in [-0.2, -0.15) is 149 Å². The molecule has 53 heavy (non-hydrogen) atoms. The van der Waals surface area contributed by atoms with Crippen LogP contribution in [0.25, 0.3) is 0 Å². The Morgan fingerprint density at radius 2 is 0.472 bits per heavy atom. The summed E-state index contributed by atoms with van der Waals surface area (Å²) in [4.78, 5) is 0. The van der Waals surface area contributed by atoms with Gasteiger partial charge in [-0.1, -0.05) is 0 Å². The van der Waals surface area contributed by atoms with Gasteiger partial charge in [0, 0.05) is 0 Å². The summed E-state index contributed by atoms with van der Waals surface area (Å²) in [6.07, 6.45) is -29.2. The molecule has 1 atom stereocenters. The summed E-state index contributed by atoms with van der Waals surface area (Å²) in [5.41, 5.74) is 0. The van der Waals surface area contributed by atoms with Gasteiger partial charge in [0.1, 0.15) is 0 Å². The first-order valence-electron chi connectivity index (χ1n) is 10.9. The molecular weight excluding hydrogens is 885 g/mol. The lowest BCUT2D eigenvalue weighted by atomic mass is 9.88. The van der Waals surface area contributed by atoms with Crippen molar-refractivity contribution < 1.29 is 158 Å². The van der Waals surface area contributed by atoms with Crippen LogP contribution in [0.1, 0.15) is 0 Å². The van der Waals surface area contributed by atoms with E-state index in [-0.39, 0.29) is 0 Å². The number of rotatable bonds is 5. The van der Waals surface area contributed by atoms with Gasteiger partial charge in [-0.3, -0.25) is 4.74 Å². The van der Waals surface area contributed by atoms with E-state index >= 15 is 0 Å². The van der Waals surface area contributed by atoms with Crippen LogP contribution >= 0.6 is 0 Å². The van der Waals surface area contributed by atoms with Crippen molar-refractivity contribution in [3.8, 4) is 0 Å². The molecule has 0 N–H and O–H groups in total. The van der Waals surface area contributed by atoms with E-state index in [0.29, 0.717) is 0 Å². The summed E-state index contributed by atoms with van der Waals surface area (Å²) in [5, 5.41) is 0. The Balaban J connectivity index is 0.00000102. The van der Waals surface area contributed by atoms with Crippen molar-refractivity contribution in [2.24, 2.45) is 0 Å². The van der Waals surface area contributed by atoms with Gasteiger partial charge in [-0.05, 0) is 0 Å². The summed E-state index contributed by atoms with van der Waals surface area (Å²) in [6.45, 7) is 0. The average molecular weight is 886 g/mol. The van der Waals surface area contributed by atoms with Crippen LogP contribution in [0.3, 0.4) is 0 Å². The lowest BCUT2D eigenvalue weighted by molar-refractivity contribution is -0.507. The van der Waals surface area contributed by atoms with Gasteiger partial charge in [-0.25, -0.2) is 4.39 Å². The largest absolute Gasteiger partial charge is 0.460 e. The SMILES string of the molecule is FC(F)(F)C(F)(F)C(F)(F)C(F)(F)C(F)(F)C(F)(F)C(F)(F)C(F)(F)F.FC1OC(F)(F)C(F)(F)C(F)(F)C(F)(F)C(F)(F)C(F)(F)C(F)(F)C1(F)F. The number of alkyl halides is 35. The smallest absolute Gasteiger partial charge is 0.274 e. The molecule has 0 spiro atoms. The first-order valence-corrected chi connectivity index (χ1v) is 10.9. The number of ether oxygens (including phenoxy) is 1. The minimum Gasteiger partial charge on any atom is -0.274 e. The molecule has 1 aliphatic heterocycles. The monoisotopic (exact) mass is 886 g/mol. The van der Waals surface area contributed by atoms with Crippen LogP contribution in [-0.2, 0) is 4.74 Å². The number of halogens is 35. The fourth-order valence-corrected chi connectivity index (χ4v) is 2.75. The van der Waals surface area contributed by atoms with Crippen LogP contribution < -0.4 is 0 Å². The molecule has 1 aliphatic rings. The third-order valence-electron chi connectivity index (χ3n) is 5.98. The van der Waals surface area contributed by atoms with Crippen molar-refractivity contribution in [3.63, 3.8) is 0 Å². The molecule has 1 heterocycles. The highest BCUT2D eigenvalue weighted by Crippen LogP contribution is 2.67. The van der Waals surface area contributed by atoms with Crippen molar-refractivity contribution >= 4 is 0 Å². The number of hydrogen-bond donors (Lipinski definition) is 0. The van der Waals surface area contributed by atoms with Gasteiger partial charge in [0.25, 0.3) is 6.36 Å². The molecule has 0 bridgehead atoms. The molecule has 0 radical (unpaired) electrons. The van der Waals surface area contributed by atoms with Gasteiger partial charge in [0.05, 0.1) is 0 Å². The van der Waals surface area contributed by atoms with E-state index in [0.717, 1.165) is 0 Å². The number of hydrogen-bond acceptors (Lipinski definition) is 1. The van der Waals surface area contributed by atoms with Crippen molar-refractivity contribution in [1.82, 2.24) is 0 Å². The second-order valence-electron chi connectivity index (χ2n) is 9.46. The highest BCUT2D eigenvalue weighted by Gasteiger charge is 2.98. The van der Waals surface area contributed by atoms with Gasteiger partial charge in [-0.15, -0.1) is 0 Å². The Morgan fingerprint density at radius 1 is 0.283 bits per heavy atom. The van der Waals surface area contributed by atoms with E-state index < -0.39 is 102 Å². The topological polar surface area (TPSA) is 9.23 Å². The minimum absolute atomic E-state index is 1.60. The highest BCUT2D eigenvalue weighted by atomic mass is 19.4. The van der Waals surface area contributed by atoms with E-state index in [4.69, 9.17) is 0 Å². The Kier molecular flexibility index (Phi) is 11.7. The van der Waals surface area contributed by atoms with E-state index in [1.54, 1.807) is 4.74 Å². The summed E-state index contributed by atoms with van der Waals surface area (Å²) in [5.74, 6) is -109. The normalized spacial score (nSPS) is 26.2. The van der Waals surface area contributed by atoms with Crippen LogP contribution in [0.4, 0.5) is 154 Å². The van der Waals surface area contributed by atoms with Gasteiger partial charge >= 0.3 is 95.5 Å². The van der Waals surface area contributed by atoms with Gasteiger partial charge in [0.2, 0.25) is 0 Å². The zero-order valence-corrected chi connectivity index (χ0v) is 22.2. The van der Waals surface area contributed by atoms with Crippen LogP contribution in [0, 0.1) is 0 Å². The maximum Gasteiger partial charge on any atom is 0.460 e. The molecule has 1 unspecified atom stereocenters. The van der Waals surface area contributed by atoms with Gasteiger partial charge in [0.15, 0.2) is 0 Å². The fraction of sp³-hybridized carbons (Fsp3) is 1.00. The first kappa shape index (κ1) is 50.5. The molecule has 0 aromatic heterocycles. The molecule has 0 aromatic carbocycles. The predicted octanol–water partition coefficient (Wildman–Crippen LogP) is 11.3. The summed E-state index contributed by atoms with van der Waals surface area (Å²) in [7, 11) is 0. The highest BCUT2D eigenvalue weighted by molar-refractivity contribution is 5.17. The Bertz CT molecular complexity index is 1260. The third kappa shape index (κ3) is 6.18. The maximum absolute atomic E-state index is 13.0.